The third kappa shape index (κ3) is 1.87. The van der Waals surface area contributed by atoms with Gasteiger partial charge in [0.1, 0.15) is 17.9 Å². The Labute approximate surface area is 75.6 Å². The summed E-state index contributed by atoms with van der Waals surface area (Å²) in [6.07, 6.45) is -4.87. The van der Waals surface area contributed by atoms with E-state index in [0.29, 0.717) is 6.07 Å². The van der Waals surface area contributed by atoms with Gasteiger partial charge in [0.25, 0.3) is 0 Å². The number of hydrogen-bond acceptors (Lipinski definition) is 3. The number of carbonyl (C=O) groups is 1. The molecule has 0 amide bonds. The van der Waals surface area contributed by atoms with E-state index in [1.54, 1.807) is 0 Å². The van der Waals surface area contributed by atoms with Crippen LogP contribution in [0.3, 0.4) is 0 Å². The molecule has 1 aromatic heterocycles. The molecular formula is C7H5F3O4. The summed E-state index contributed by atoms with van der Waals surface area (Å²) < 4.78 is 40.5. The van der Waals surface area contributed by atoms with E-state index in [-0.39, 0.29) is 0 Å². The highest BCUT2D eigenvalue weighted by Gasteiger charge is 2.40. The molecule has 0 radical (unpaired) electrons. The van der Waals surface area contributed by atoms with Gasteiger partial charge in [-0.05, 0) is 6.07 Å². The van der Waals surface area contributed by atoms with Crippen LogP contribution in [0.1, 0.15) is 21.9 Å². The van der Waals surface area contributed by atoms with E-state index in [1.807, 2.05) is 0 Å². The number of carboxylic acid groups (broad SMARTS) is 1. The van der Waals surface area contributed by atoms with Crippen molar-refractivity contribution in [3.8, 4) is 0 Å². The molecule has 14 heavy (non-hydrogen) atoms. The van der Waals surface area contributed by atoms with Crippen LogP contribution in [-0.4, -0.2) is 16.2 Å². The zero-order chi connectivity index (χ0) is 10.9. The highest BCUT2D eigenvalue weighted by Crippen LogP contribution is 2.34. The first-order chi connectivity index (χ1) is 6.36. The minimum atomic E-state index is -4.87. The third-order valence-corrected chi connectivity index (χ3v) is 1.43. The first kappa shape index (κ1) is 10.6. The molecule has 0 saturated carbocycles. The zero-order valence-electron chi connectivity index (χ0n) is 6.63. The lowest BCUT2D eigenvalue weighted by molar-refractivity contribution is -0.154. The summed E-state index contributed by atoms with van der Waals surface area (Å²) in [5.74, 6) is -3.79. The number of aromatic carboxylic acids is 1. The SMILES string of the molecule is O=C(O)c1cc(CO)oc1C(F)(F)F. The Morgan fingerprint density at radius 3 is 2.36 bits per heavy atom. The Morgan fingerprint density at radius 1 is 1.50 bits per heavy atom. The molecule has 0 fully saturated rings. The molecule has 1 aromatic rings. The van der Waals surface area contributed by atoms with Crippen LogP contribution in [-0.2, 0) is 12.8 Å². The molecule has 78 valence electrons. The average Bonchev–Trinajstić information content (AvgIpc) is 2.46. The van der Waals surface area contributed by atoms with Gasteiger partial charge in [0, 0.05) is 0 Å². The van der Waals surface area contributed by atoms with E-state index in [2.05, 4.69) is 4.42 Å². The predicted molar refractivity (Wildman–Crippen MR) is 36.6 cm³/mol. The minimum Gasteiger partial charge on any atom is -0.478 e. The smallest absolute Gasteiger partial charge is 0.450 e. The van der Waals surface area contributed by atoms with E-state index < -0.39 is 35.8 Å². The number of aliphatic hydroxyl groups is 1. The maximum Gasteiger partial charge on any atom is 0.450 e. The van der Waals surface area contributed by atoms with Crippen molar-refractivity contribution >= 4 is 5.97 Å². The van der Waals surface area contributed by atoms with Crippen LogP contribution < -0.4 is 0 Å². The quantitative estimate of drug-likeness (QED) is 0.775. The van der Waals surface area contributed by atoms with E-state index in [1.165, 1.54) is 0 Å². The van der Waals surface area contributed by atoms with Crippen molar-refractivity contribution < 1.29 is 32.6 Å². The summed E-state index contributed by atoms with van der Waals surface area (Å²) in [4.78, 5) is 10.4. The normalized spacial score (nSPS) is 11.7. The monoisotopic (exact) mass is 210 g/mol. The molecule has 0 atom stereocenters. The number of carboxylic acids is 1. The van der Waals surface area contributed by atoms with Crippen LogP contribution in [0.4, 0.5) is 13.2 Å². The topological polar surface area (TPSA) is 70.7 Å². The van der Waals surface area contributed by atoms with Gasteiger partial charge in [0.05, 0.1) is 0 Å². The minimum absolute atomic E-state index is 0.435. The summed E-state index contributed by atoms with van der Waals surface area (Å²) in [7, 11) is 0. The van der Waals surface area contributed by atoms with Crippen LogP contribution in [0.5, 0.6) is 0 Å². The fourth-order valence-corrected chi connectivity index (χ4v) is 0.889. The molecule has 1 heterocycles. The molecule has 0 aromatic carbocycles. The summed E-state index contributed by atoms with van der Waals surface area (Å²) in [6, 6.07) is 0.644. The average molecular weight is 210 g/mol. The van der Waals surface area contributed by atoms with E-state index in [9.17, 15) is 18.0 Å². The van der Waals surface area contributed by atoms with Gasteiger partial charge in [0.2, 0.25) is 5.76 Å². The van der Waals surface area contributed by atoms with E-state index in [4.69, 9.17) is 10.2 Å². The fraction of sp³-hybridized carbons (Fsp3) is 0.286. The van der Waals surface area contributed by atoms with Gasteiger partial charge in [-0.15, -0.1) is 0 Å². The number of hydrogen-bond donors (Lipinski definition) is 2. The molecule has 0 bridgehead atoms. The molecule has 4 nitrogen and oxygen atoms in total. The Kier molecular flexibility index (Phi) is 2.52. The largest absolute Gasteiger partial charge is 0.478 e. The molecule has 2 N–H and O–H groups in total. The predicted octanol–water partition coefficient (Wildman–Crippen LogP) is 1.49. The molecule has 0 aliphatic carbocycles. The number of alkyl halides is 3. The van der Waals surface area contributed by atoms with Gasteiger partial charge in [-0.2, -0.15) is 13.2 Å². The third-order valence-electron chi connectivity index (χ3n) is 1.43. The van der Waals surface area contributed by atoms with Crippen LogP contribution in [0, 0.1) is 0 Å². The summed E-state index contributed by atoms with van der Waals surface area (Å²) in [5, 5.41) is 16.9. The summed E-state index contributed by atoms with van der Waals surface area (Å²) in [6.45, 7) is -0.781. The van der Waals surface area contributed by atoms with Gasteiger partial charge in [-0.1, -0.05) is 0 Å². The Hall–Kier alpha value is -1.50. The van der Waals surface area contributed by atoms with Crippen LogP contribution in [0.15, 0.2) is 10.5 Å². The molecule has 0 spiro atoms. The fourth-order valence-electron chi connectivity index (χ4n) is 0.889. The molecule has 0 aliphatic heterocycles. The Bertz CT molecular complexity index is 352. The van der Waals surface area contributed by atoms with Gasteiger partial charge in [-0.3, -0.25) is 0 Å². The summed E-state index contributed by atoms with van der Waals surface area (Å²) in [5.41, 5.74) is -0.999. The number of halogens is 3. The highest BCUT2D eigenvalue weighted by molar-refractivity contribution is 5.89. The van der Waals surface area contributed by atoms with Crippen LogP contribution >= 0.6 is 0 Å². The van der Waals surface area contributed by atoms with Crippen LogP contribution in [0.25, 0.3) is 0 Å². The van der Waals surface area contributed by atoms with Crippen LogP contribution in [0.2, 0.25) is 0 Å². The number of rotatable bonds is 2. The summed E-state index contributed by atoms with van der Waals surface area (Å²) >= 11 is 0. The molecule has 0 aliphatic rings. The Morgan fingerprint density at radius 2 is 2.07 bits per heavy atom. The van der Waals surface area contributed by atoms with Crippen molar-refractivity contribution in [3.05, 3.63) is 23.2 Å². The standard InChI is InChI=1S/C7H5F3O4/c8-7(9,10)5-4(6(12)13)1-3(2-11)14-5/h1,11H,2H2,(H,12,13). The van der Waals surface area contributed by atoms with E-state index in [0.717, 1.165) is 0 Å². The zero-order valence-corrected chi connectivity index (χ0v) is 6.63. The first-order valence-electron chi connectivity index (χ1n) is 3.40. The van der Waals surface area contributed by atoms with Crippen molar-refractivity contribution in [3.63, 3.8) is 0 Å². The number of aliphatic hydroxyl groups excluding tert-OH is 1. The highest BCUT2D eigenvalue weighted by atomic mass is 19.4. The lowest BCUT2D eigenvalue weighted by Gasteiger charge is -2.02. The van der Waals surface area contributed by atoms with Gasteiger partial charge < -0.3 is 14.6 Å². The van der Waals surface area contributed by atoms with Crippen molar-refractivity contribution in [2.75, 3.05) is 0 Å². The maximum absolute atomic E-state index is 12.1. The van der Waals surface area contributed by atoms with Crippen molar-refractivity contribution in [2.45, 2.75) is 12.8 Å². The van der Waals surface area contributed by atoms with Crippen molar-refractivity contribution in [1.82, 2.24) is 0 Å². The second-order valence-corrected chi connectivity index (χ2v) is 2.42. The maximum atomic E-state index is 12.1. The van der Waals surface area contributed by atoms with Gasteiger partial charge in [0.15, 0.2) is 0 Å². The lowest BCUT2D eigenvalue weighted by atomic mass is 10.2. The van der Waals surface area contributed by atoms with Crippen molar-refractivity contribution in [2.24, 2.45) is 0 Å². The van der Waals surface area contributed by atoms with Gasteiger partial charge in [-0.25, -0.2) is 4.79 Å². The molecule has 1 rings (SSSR count). The van der Waals surface area contributed by atoms with Gasteiger partial charge >= 0.3 is 12.1 Å². The molecular weight excluding hydrogens is 205 g/mol. The van der Waals surface area contributed by atoms with Crippen molar-refractivity contribution in [1.29, 1.82) is 0 Å². The lowest BCUT2D eigenvalue weighted by Crippen LogP contribution is -2.09. The molecule has 0 saturated heterocycles. The Balaban J connectivity index is 3.26. The molecule has 7 heteroatoms. The second kappa shape index (κ2) is 3.33. The second-order valence-electron chi connectivity index (χ2n) is 2.42. The molecule has 0 unspecified atom stereocenters. The first-order valence-corrected chi connectivity index (χ1v) is 3.40. The number of furan rings is 1. The van der Waals surface area contributed by atoms with E-state index >= 15 is 0 Å².